The number of anilines is 1. The summed E-state index contributed by atoms with van der Waals surface area (Å²) in [6.07, 6.45) is 4.26. The Morgan fingerprint density at radius 2 is 2.22 bits per heavy atom. The summed E-state index contributed by atoms with van der Waals surface area (Å²) in [4.78, 5) is 18.3. The molecule has 0 saturated carbocycles. The first-order chi connectivity index (χ1) is 13.1. The average molecular weight is 381 g/mol. The highest BCUT2D eigenvalue weighted by atomic mass is 19.1. The van der Waals surface area contributed by atoms with Crippen LogP contribution in [0.1, 0.15) is 31.7 Å². The van der Waals surface area contributed by atoms with Crippen LogP contribution in [0, 0.1) is 5.82 Å². The number of ether oxygens (including phenoxy) is 3. The molecule has 3 rings (SSSR count). The van der Waals surface area contributed by atoms with Crippen molar-refractivity contribution in [2.75, 3.05) is 44.4 Å². The van der Waals surface area contributed by atoms with Crippen molar-refractivity contribution in [3.63, 3.8) is 0 Å². The largest absolute Gasteiger partial charge is 0.378 e. The number of amides is 1. The van der Waals surface area contributed by atoms with Crippen molar-refractivity contribution in [1.29, 1.82) is 0 Å². The van der Waals surface area contributed by atoms with E-state index in [9.17, 15) is 9.18 Å². The van der Waals surface area contributed by atoms with Gasteiger partial charge in [0, 0.05) is 32.4 Å². The van der Waals surface area contributed by atoms with Crippen LogP contribution in [0.15, 0.2) is 12.3 Å². The molecule has 0 radical (unpaired) electrons. The molecule has 2 fully saturated rings. The second-order valence-corrected chi connectivity index (χ2v) is 6.93. The maximum absolute atomic E-state index is 14.3. The smallest absolute Gasteiger partial charge is 0.249 e. The number of nitrogens with zero attached hydrogens (tertiary/aromatic N) is 2. The van der Waals surface area contributed by atoms with Crippen LogP contribution < -0.4 is 10.2 Å². The third-order valence-electron chi connectivity index (χ3n) is 4.83. The van der Waals surface area contributed by atoms with Gasteiger partial charge in [0.25, 0.3) is 0 Å². The minimum absolute atomic E-state index is 0.0695. The fourth-order valence-electron chi connectivity index (χ4n) is 3.17. The van der Waals surface area contributed by atoms with Crippen LogP contribution in [-0.4, -0.2) is 62.6 Å². The molecule has 0 spiro atoms. The van der Waals surface area contributed by atoms with Gasteiger partial charge < -0.3 is 24.4 Å². The van der Waals surface area contributed by atoms with E-state index in [4.69, 9.17) is 14.2 Å². The molecule has 2 aliphatic rings. The number of nitrogens with one attached hydrogen (secondary N) is 1. The van der Waals surface area contributed by atoms with Crippen LogP contribution in [0.25, 0.3) is 0 Å². The number of hydrogen-bond donors (Lipinski definition) is 1. The predicted molar refractivity (Wildman–Crippen MR) is 98.1 cm³/mol. The summed E-state index contributed by atoms with van der Waals surface area (Å²) >= 11 is 0. The topological polar surface area (TPSA) is 72.9 Å². The van der Waals surface area contributed by atoms with E-state index in [0.717, 1.165) is 25.9 Å². The van der Waals surface area contributed by atoms with E-state index in [-0.39, 0.29) is 24.4 Å². The van der Waals surface area contributed by atoms with Crippen molar-refractivity contribution in [3.05, 3.63) is 23.6 Å². The Labute approximate surface area is 159 Å². The van der Waals surface area contributed by atoms with Crippen LogP contribution in [0.3, 0.4) is 0 Å². The molecule has 2 saturated heterocycles. The Kier molecular flexibility index (Phi) is 7.37. The molecular formula is C19H28FN3O4. The van der Waals surface area contributed by atoms with Crippen molar-refractivity contribution in [2.24, 2.45) is 0 Å². The zero-order valence-electron chi connectivity index (χ0n) is 15.8. The lowest BCUT2D eigenvalue weighted by molar-refractivity contribution is -0.135. The van der Waals surface area contributed by atoms with E-state index in [2.05, 4.69) is 10.3 Å². The zero-order chi connectivity index (χ0) is 19.1. The fourth-order valence-corrected chi connectivity index (χ4v) is 3.17. The third kappa shape index (κ3) is 5.85. The highest BCUT2D eigenvalue weighted by Gasteiger charge is 2.20. The van der Waals surface area contributed by atoms with Gasteiger partial charge in [0.15, 0.2) is 11.6 Å². The molecule has 1 aromatic rings. The summed E-state index contributed by atoms with van der Waals surface area (Å²) in [7, 11) is 0. The van der Waals surface area contributed by atoms with Gasteiger partial charge in [-0.3, -0.25) is 4.79 Å². The number of halogens is 1. The monoisotopic (exact) mass is 381 g/mol. The van der Waals surface area contributed by atoms with Gasteiger partial charge >= 0.3 is 0 Å². The summed E-state index contributed by atoms with van der Waals surface area (Å²) in [6.45, 7) is 5.48. The van der Waals surface area contributed by atoms with E-state index in [1.54, 1.807) is 13.1 Å². The predicted octanol–water partition coefficient (Wildman–Crippen LogP) is 1.65. The zero-order valence-corrected chi connectivity index (χ0v) is 15.8. The summed E-state index contributed by atoms with van der Waals surface area (Å²) in [5, 5.41) is 2.77. The molecule has 2 unspecified atom stereocenters. The molecule has 7 nitrogen and oxygen atoms in total. The van der Waals surface area contributed by atoms with E-state index in [1.165, 1.54) is 6.07 Å². The molecule has 27 heavy (non-hydrogen) atoms. The molecule has 8 heteroatoms. The van der Waals surface area contributed by atoms with Crippen molar-refractivity contribution < 1.29 is 23.4 Å². The number of carbonyl (C=O) groups is 1. The third-order valence-corrected chi connectivity index (χ3v) is 4.83. The van der Waals surface area contributed by atoms with Crippen LogP contribution in [0.2, 0.25) is 0 Å². The molecule has 2 atom stereocenters. The van der Waals surface area contributed by atoms with Crippen LogP contribution in [0.5, 0.6) is 0 Å². The lowest BCUT2D eigenvalue weighted by Gasteiger charge is -2.28. The van der Waals surface area contributed by atoms with Gasteiger partial charge in [0.2, 0.25) is 5.91 Å². The first-order valence-electron chi connectivity index (χ1n) is 9.61. The van der Waals surface area contributed by atoms with Crippen LogP contribution in [0.4, 0.5) is 10.2 Å². The van der Waals surface area contributed by atoms with Gasteiger partial charge in [-0.1, -0.05) is 0 Å². The Morgan fingerprint density at radius 1 is 1.41 bits per heavy atom. The van der Waals surface area contributed by atoms with Crippen molar-refractivity contribution in [3.8, 4) is 0 Å². The van der Waals surface area contributed by atoms with Crippen LogP contribution >= 0.6 is 0 Å². The summed E-state index contributed by atoms with van der Waals surface area (Å²) < 4.78 is 30.8. The van der Waals surface area contributed by atoms with E-state index < -0.39 is 6.10 Å². The lowest BCUT2D eigenvalue weighted by atomic mass is 10.1. The van der Waals surface area contributed by atoms with Gasteiger partial charge in [-0.15, -0.1) is 0 Å². The normalized spacial score (nSPS) is 21.7. The van der Waals surface area contributed by atoms with Crippen molar-refractivity contribution in [1.82, 2.24) is 10.3 Å². The van der Waals surface area contributed by atoms with Gasteiger partial charge in [0.05, 0.1) is 25.9 Å². The Balaban J connectivity index is 1.44. The molecule has 1 N–H and O–H groups in total. The van der Waals surface area contributed by atoms with Gasteiger partial charge in [-0.25, -0.2) is 9.37 Å². The van der Waals surface area contributed by atoms with E-state index >= 15 is 0 Å². The minimum Gasteiger partial charge on any atom is -0.378 e. The number of aromatic nitrogens is 1. The van der Waals surface area contributed by atoms with Crippen molar-refractivity contribution in [2.45, 2.75) is 44.9 Å². The average Bonchev–Trinajstić information content (AvgIpc) is 2.71. The van der Waals surface area contributed by atoms with Gasteiger partial charge in [-0.05, 0) is 37.8 Å². The first-order valence-corrected chi connectivity index (χ1v) is 9.61. The van der Waals surface area contributed by atoms with Crippen molar-refractivity contribution >= 4 is 11.7 Å². The SMILES string of the molecule is CC(OCC1CCCCO1)C(=O)NCc1cnc(N2CCOCC2)c(F)c1. The summed E-state index contributed by atoms with van der Waals surface area (Å²) in [5.74, 6) is -0.288. The van der Waals surface area contributed by atoms with Crippen LogP contribution in [-0.2, 0) is 25.5 Å². The highest BCUT2D eigenvalue weighted by Crippen LogP contribution is 2.18. The highest BCUT2D eigenvalue weighted by molar-refractivity contribution is 5.80. The number of carbonyl (C=O) groups excluding carboxylic acids is 1. The molecular weight excluding hydrogens is 353 g/mol. The van der Waals surface area contributed by atoms with E-state index in [0.29, 0.717) is 44.3 Å². The molecule has 2 aliphatic heterocycles. The molecule has 150 valence electrons. The number of morpholine rings is 1. The maximum atomic E-state index is 14.3. The Hall–Kier alpha value is -1.77. The summed E-state index contributed by atoms with van der Waals surface area (Å²) in [6, 6.07) is 1.42. The molecule has 3 heterocycles. The second kappa shape index (κ2) is 9.96. The summed E-state index contributed by atoms with van der Waals surface area (Å²) in [5.41, 5.74) is 0.612. The molecule has 0 aliphatic carbocycles. The van der Waals surface area contributed by atoms with E-state index in [1.807, 2.05) is 4.90 Å². The maximum Gasteiger partial charge on any atom is 0.249 e. The Bertz CT molecular complexity index is 619. The number of rotatable bonds is 7. The standard InChI is InChI=1S/C19H28FN3O4/c1-14(27-13-16-4-2-3-7-26-16)19(24)22-12-15-10-17(20)18(21-11-15)23-5-8-25-9-6-23/h10-11,14,16H,2-9,12-13H2,1H3,(H,22,24). The molecule has 0 aromatic carbocycles. The quantitative estimate of drug-likeness (QED) is 0.774. The fraction of sp³-hybridized carbons (Fsp3) is 0.684. The number of hydrogen-bond acceptors (Lipinski definition) is 6. The molecule has 1 amide bonds. The minimum atomic E-state index is -0.582. The molecule has 0 bridgehead atoms. The number of pyridine rings is 1. The second-order valence-electron chi connectivity index (χ2n) is 6.93. The first kappa shape index (κ1) is 20.0. The lowest BCUT2D eigenvalue weighted by Crippen LogP contribution is -2.37. The molecule has 1 aromatic heterocycles. The Morgan fingerprint density at radius 3 is 2.93 bits per heavy atom. The van der Waals surface area contributed by atoms with Gasteiger partial charge in [0.1, 0.15) is 6.10 Å². The van der Waals surface area contributed by atoms with Gasteiger partial charge in [-0.2, -0.15) is 0 Å².